The summed E-state index contributed by atoms with van der Waals surface area (Å²) in [5.41, 5.74) is 0. The summed E-state index contributed by atoms with van der Waals surface area (Å²) >= 11 is 1.53. The van der Waals surface area contributed by atoms with Crippen LogP contribution in [0.15, 0.2) is 0 Å². The van der Waals surface area contributed by atoms with Gasteiger partial charge in [0, 0.05) is 12.9 Å². The molecular formula is C8H14O6S2. The number of methoxy groups -OCH3 is 1. The van der Waals surface area contributed by atoms with E-state index in [4.69, 9.17) is 13.7 Å². The Balaban J connectivity index is 2.12. The van der Waals surface area contributed by atoms with Crippen LogP contribution in [0.2, 0.25) is 0 Å². The number of rotatable bonds is 3. The molecule has 2 rings (SSSR count). The van der Waals surface area contributed by atoms with E-state index in [-0.39, 0.29) is 11.4 Å². The van der Waals surface area contributed by atoms with Crippen molar-refractivity contribution in [2.24, 2.45) is 0 Å². The van der Waals surface area contributed by atoms with Crippen LogP contribution in [0.4, 0.5) is 0 Å². The summed E-state index contributed by atoms with van der Waals surface area (Å²) in [6, 6.07) is 0. The van der Waals surface area contributed by atoms with E-state index >= 15 is 0 Å². The van der Waals surface area contributed by atoms with Gasteiger partial charge in [-0.05, 0) is 0 Å². The van der Waals surface area contributed by atoms with Crippen LogP contribution >= 0.6 is 11.8 Å². The highest BCUT2D eigenvalue weighted by Gasteiger charge is 2.52. The van der Waals surface area contributed by atoms with Gasteiger partial charge in [0.05, 0.1) is 17.6 Å². The Morgan fingerprint density at radius 1 is 1.50 bits per heavy atom. The number of hydrogen-bond donors (Lipinski definition) is 1. The molecule has 0 spiro atoms. The first-order valence-electron chi connectivity index (χ1n) is 4.78. The van der Waals surface area contributed by atoms with Crippen LogP contribution in [0, 0.1) is 0 Å². The Bertz CT molecular complexity index is 354. The number of ether oxygens (including phenoxy) is 2. The first-order chi connectivity index (χ1) is 7.42. The average molecular weight is 270 g/mol. The molecule has 6 nitrogen and oxygen atoms in total. The third kappa shape index (κ3) is 2.36. The van der Waals surface area contributed by atoms with Gasteiger partial charge >= 0.3 is 0 Å². The molecule has 2 aliphatic rings. The second kappa shape index (κ2) is 4.43. The highest BCUT2D eigenvalue weighted by Crippen LogP contribution is 2.41. The summed E-state index contributed by atoms with van der Waals surface area (Å²) in [6.07, 6.45) is -1.87. The Hall–Kier alpha value is 0.140. The largest absolute Gasteiger partial charge is 0.389 e. The molecule has 2 aliphatic heterocycles. The maximum Gasteiger partial charge on any atom is 0.264 e. The number of fused-ring (bicyclic) bond motifs is 1. The van der Waals surface area contributed by atoms with Gasteiger partial charge in [-0.1, -0.05) is 0 Å². The molecule has 8 heteroatoms. The Labute approximate surface area is 98.4 Å². The normalized spacial score (nSPS) is 43.6. The van der Waals surface area contributed by atoms with Crippen molar-refractivity contribution in [2.45, 2.75) is 29.9 Å². The van der Waals surface area contributed by atoms with E-state index in [1.54, 1.807) is 0 Å². The summed E-state index contributed by atoms with van der Waals surface area (Å²) in [5.74, 6) is 0.785. The fraction of sp³-hybridized carbons (Fsp3) is 1.00. The molecule has 0 aromatic carbocycles. The fourth-order valence-corrected chi connectivity index (χ4v) is 3.49. The zero-order valence-corrected chi connectivity index (χ0v) is 10.5. The number of aliphatic hydroxyl groups is 1. The zero-order valence-electron chi connectivity index (χ0n) is 8.90. The molecule has 0 aromatic heterocycles. The summed E-state index contributed by atoms with van der Waals surface area (Å²) in [4.78, 5) is 0. The zero-order chi connectivity index (χ0) is 11.9. The molecule has 1 N–H and O–H groups in total. The Morgan fingerprint density at radius 3 is 2.62 bits per heavy atom. The van der Waals surface area contributed by atoms with Gasteiger partial charge in [-0.25, -0.2) is 0 Å². The summed E-state index contributed by atoms with van der Waals surface area (Å²) < 4.78 is 37.4. The number of aliphatic hydroxyl groups excluding tert-OH is 1. The lowest BCUT2D eigenvalue weighted by atomic mass is 10.0. The van der Waals surface area contributed by atoms with E-state index in [2.05, 4.69) is 0 Å². The van der Waals surface area contributed by atoms with E-state index in [0.29, 0.717) is 0 Å². The van der Waals surface area contributed by atoms with Crippen LogP contribution in [0.5, 0.6) is 0 Å². The lowest BCUT2D eigenvalue weighted by Crippen LogP contribution is -2.62. The smallest absolute Gasteiger partial charge is 0.264 e. The van der Waals surface area contributed by atoms with Crippen molar-refractivity contribution in [3.8, 4) is 0 Å². The SMILES string of the molecule is CO[C@H]1O[C@@H]2CS[C@@H]2[C@@H](O)[C@H]1OS(C)(=O)=O. The predicted molar refractivity (Wildman–Crippen MR) is 57.6 cm³/mol. The molecule has 2 saturated heterocycles. The van der Waals surface area contributed by atoms with E-state index in [9.17, 15) is 13.5 Å². The summed E-state index contributed by atoms with van der Waals surface area (Å²) in [5, 5.41) is 9.83. The van der Waals surface area contributed by atoms with E-state index in [1.165, 1.54) is 18.9 Å². The first kappa shape index (κ1) is 12.6. The third-order valence-electron chi connectivity index (χ3n) is 2.59. The monoisotopic (exact) mass is 270 g/mol. The Kier molecular flexibility index (Phi) is 3.49. The molecule has 0 saturated carbocycles. The molecule has 0 aliphatic carbocycles. The summed E-state index contributed by atoms with van der Waals surface area (Å²) in [7, 11) is -2.25. The standard InChI is InChI=1S/C8H14O6S2/c1-12-8-6(14-16(2,10)11)5(9)7-4(13-8)3-15-7/h4-9H,3H2,1-2H3/t4-,5+,6-,7+,8+/m1/s1. The van der Waals surface area contributed by atoms with Crippen molar-refractivity contribution in [3.05, 3.63) is 0 Å². The maximum absolute atomic E-state index is 11.1. The quantitative estimate of drug-likeness (QED) is 0.671. The van der Waals surface area contributed by atoms with Crippen molar-refractivity contribution in [2.75, 3.05) is 19.1 Å². The minimum atomic E-state index is -3.65. The van der Waals surface area contributed by atoms with Gasteiger partial charge in [0.1, 0.15) is 6.10 Å². The average Bonchev–Trinajstić information content (AvgIpc) is 2.11. The molecule has 0 bridgehead atoms. The summed E-state index contributed by atoms with van der Waals surface area (Å²) in [6.45, 7) is 0. The van der Waals surface area contributed by atoms with Crippen molar-refractivity contribution in [3.63, 3.8) is 0 Å². The van der Waals surface area contributed by atoms with E-state index in [1.807, 2.05) is 0 Å². The predicted octanol–water partition coefficient (Wildman–Crippen LogP) is -0.821. The lowest BCUT2D eigenvalue weighted by Gasteiger charge is -2.48. The van der Waals surface area contributed by atoms with E-state index < -0.39 is 28.6 Å². The van der Waals surface area contributed by atoms with Crippen LogP contribution in [0.25, 0.3) is 0 Å². The van der Waals surface area contributed by atoms with Crippen molar-refractivity contribution in [1.29, 1.82) is 0 Å². The second-order valence-electron chi connectivity index (χ2n) is 3.83. The molecule has 16 heavy (non-hydrogen) atoms. The molecule has 94 valence electrons. The van der Waals surface area contributed by atoms with Gasteiger partial charge in [-0.2, -0.15) is 20.2 Å². The molecule has 2 fully saturated rings. The highest BCUT2D eigenvalue weighted by atomic mass is 32.2. The number of hydrogen-bond acceptors (Lipinski definition) is 7. The van der Waals surface area contributed by atoms with Gasteiger partial charge in [-0.15, -0.1) is 0 Å². The van der Waals surface area contributed by atoms with Crippen LogP contribution in [0.1, 0.15) is 0 Å². The van der Waals surface area contributed by atoms with Gasteiger partial charge in [0.25, 0.3) is 10.1 Å². The van der Waals surface area contributed by atoms with Crippen LogP contribution < -0.4 is 0 Å². The minimum Gasteiger partial charge on any atom is -0.389 e. The van der Waals surface area contributed by atoms with Crippen LogP contribution in [0.3, 0.4) is 0 Å². The lowest BCUT2D eigenvalue weighted by molar-refractivity contribution is -0.246. The maximum atomic E-state index is 11.1. The molecule has 0 unspecified atom stereocenters. The molecule has 0 radical (unpaired) electrons. The van der Waals surface area contributed by atoms with Gasteiger partial charge in [0.2, 0.25) is 0 Å². The molecule has 0 aromatic rings. The van der Waals surface area contributed by atoms with Crippen molar-refractivity contribution >= 4 is 21.9 Å². The third-order valence-corrected chi connectivity index (χ3v) is 4.65. The topological polar surface area (TPSA) is 82.1 Å². The molecule has 5 atom stereocenters. The minimum absolute atomic E-state index is 0.0793. The molecule has 2 heterocycles. The van der Waals surface area contributed by atoms with Crippen LogP contribution in [-0.2, 0) is 23.8 Å². The van der Waals surface area contributed by atoms with E-state index in [0.717, 1.165) is 12.0 Å². The van der Waals surface area contributed by atoms with Crippen molar-refractivity contribution < 1.29 is 27.2 Å². The first-order valence-corrected chi connectivity index (χ1v) is 7.65. The van der Waals surface area contributed by atoms with Crippen molar-refractivity contribution in [1.82, 2.24) is 0 Å². The number of thioether (sulfide) groups is 1. The van der Waals surface area contributed by atoms with Crippen LogP contribution in [-0.4, -0.2) is 62.5 Å². The van der Waals surface area contributed by atoms with Gasteiger partial charge < -0.3 is 14.6 Å². The highest BCUT2D eigenvalue weighted by molar-refractivity contribution is 8.01. The molecule has 0 amide bonds. The second-order valence-corrected chi connectivity index (χ2v) is 6.64. The van der Waals surface area contributed by atoms with Gasteiger partial charge in [0.15, 0.2) is 12.4 Å². The Morgan fingerprint density at radius 2 is 2.19 bits per heavy atom. The fourth-order valence-electron chi connectivity index (χ4n) is 1.81. The van der Waals surface area contributed by atoms with Gasteiger partial charge in [-0.3, -0.25) is 4.18 Å². The molecular weight excluding hydrogens is 256 g/mol.